The van der Waals surface area contributed by atoms with E-state index in [1.807, 2.05) is 0 Å². The molecule has 0 radical (unpaired) electrons. The molecule has 0 heterocycles. The highest BCUT2D eigenvalue weighted by atomic mass is 15.5. The van der Waals surface area contributed by atoms with Gasteiger partial charge in [-0.1, -0.05) is 77.6 Å². The lowest BCUT2D eigenvalue weighted by atomic mass is 10.0. The van der Waals surface area contributed by atoms with Gasteiger partial charge in [-0.25, -0.2) is 0 Å². The van der Waals surface area contributed by atoms with E-state index in [1.54, 1.807) is 0 Å². The molecule has 0 aliphatic rings. The third kappa shape index (κ3) is 11.3. The first-order chi connectivity index (χ1) is 11.8. The molecular formula is C23H52N2+2. The third-order valence-corrected chi connectivity index (χ3v) is 6.56. The second kappa shape index (κ2) is 14.0. The largest absolute Gasteiger partial charge is 0.280 e. The Labute approximate surface area is 161 Å². The Balaban J connectivity index is 3.80. The van der Waals surface area contributed by atoms with Gasteiger partial charge >= 0.3 is 0 Å². The highest BCUT2D eigenvalue weighted by Crippen LogP contribution is 2.23. The maximum atomic E-state index is 2.42. The van der Waals surface area contributed by atoms with E-state index in [1.165, 1.54) is 96.6 Å². The van der Waals surface area contributed by atoms with Gasteiger partial charge in [-0.15, -0.1) is 0 Å². The Morgan fingerprint density at radius 1 is 0.480 bits per heavy atom. The van der Waals surface area contributed by atoms with E-state index in [2.05, 4.69) is 49.0 Å². The molecule has 0 aromatic carbocycles. The van der Waals surface area contributed by atoms with Gasteiger partial charge in [0.25, 0.3) is 0 Å². The molecular weight excluding hydrogens is 304 g/mol. The molecule has 0 rings (SSSR count). The predicted molar refractivity (Wildman–Crippen MR) is 115 cm³/mol. The lowest BCUT2D eigenvalue weighted by Gasteiger charge is -2.46. The van der Waals surface area contributed by atoms with Crippen molar-refractivity contribution in [3.8, 4) is 0 Å². The van der Waals surface area contributed by atoms with E-state index < -0.39 is 0 Å². The van der Waals surface area contributed by atoms with Crippen LogP contribution >= 0.6 is 0 Å². The van der Waals surface area contributed by atoms with Crippen LogP contribution in [0.2, 0.25) is 0 Å². The SMILES string of the molecule is CCCCCCCCCCCCCCC([N+](C)(C)CC)[N+](C)(C)CC. The molecule has 2 heteroatoms. The molecule has 0 saturated heterocycles. The zero-order valence-corrected chi connectivity index (χ0v) is 19.1. The van der Waals surface area contributed by atoms with Crippen molar-refractivity contribution in [1.29, 1.82) is 0 Å². The molecule has 0 aromatic heterocycles. The zero-order chi connectivity index (χ0) is 19.2. The van der Waals surface area contributed by atoms with E-state index in [0.717, 1.165) is 15.1 Å². The zero-order valence-electron chi connectivity index (χ0n) is 19.1. The van der Waals surface area contributed by atoms with Crippen LogP contribution in [0.25, 0.3) is 0 Å². The second-order valence-electron chi connectivity index (χ2n) is 9.35. The van der Waals surface area contributed by atoms with Crippen molar-refractivity contribution in [2.24, 2.45) is 0 Å². The van der Waals surface area contributed by atoms with Crippen LogP contribution in [0, 0.1) is 0 Å². The molecule has 152 valence electrons. The van der Waals surface area contributed by atoms with E-state index in [4.69, 9.17) is 0 Å². The molecule has 0 unspecified atom stereocenters. The summed E-state index contributed by atoms with van der Waals surface area (Å²) in [6, 6.07) is 0. The van der Waals surface area contributed by atoms with Gasteiger partial charge in [-0.05, 0) is 20.3 Å². The number of unbranched alkanes of at least 4 members (excludes halogenated alkanes) is 11. The summed E-state index contributed by atoms with van der Waals surface area (Å²) in [6.45, 7) is 9.43. The molecule has 2 nitrogen and oxygen atoms in total. The van der Waals surface area contributed by atoms with Crippen LogP contribution in [0.5, 0.6) is 0 Å². The summed E-state index contributed by atoms with van der Waals surface area (Å²) in [7, 11) is 9.67. The van der Waals surface area contributed by atoms with Crippen LogP contribution in [-0.4, -0.2) is 56.4 Å². The number of quaternary nitrogens is 2. The Morgan fingerprint density at radius 2 is 0.800 bits per heavy atom. The van der Waals surface area contributed by atoms with E-state index >= 15 is 0 Å². The number of hydrogen-bond acceptors (Lipinski definition) is 0. The fraction of sp³-hybridized carbons (Fsp3) is 1.00. The Bertz CT molecular complexity index is 280. The van der Waals surface area contributed by atoms with Gasteiger partial charge in [0.15, 0.2) is 0 Å². The molecule has 0 aliphatic carbocycles. The highest BCUT2D eigenvalue weighted by molar-refractivity contribution is 4.52. The minimum absolute atomic E-state index is 0.734. The first kappa shape index (κ1) is 24.9. The van der Waals surface area contributed by atoms with Gasteiger partial charge in [0.05, 0.1) is 47.7 Å². The first-order valence-corrected chi connectivity index (χ1v) is 11.5. The van der Waals surface area contributed by atoms with Crippen molar-refractivity contribution in [3.05, 3.63) is 0 Å². The standard InChI is InChI=1S/C23H52N2/c1-8-11-12-13-14-15-16-17-18-19-20-21-22-23(24(4,5)9-2)25(6,7)10-3/h23H,8-22H2,1-7H3/q+2. The van der Waals surface area contributed by atoms with E-state index in [-0.39, 0.29) is 0 Å². The van der Waals surface area contributed by atoms with Gasteiger partial charge in [0.2, 0.25) is 6.17 Å². The van der Waals surface area contributed by atoms with Crippen molar-refractivity contribution in [2.75, 3.05) is 41.3 Å². The van der Waals surface area contributed by atoms with Crippen LogP contribution in [0.15, 0.2) is 0 Å². The van der Waals surface area contributed by atoms with E-state index in [0.29, 0.717) is 0 Å². The van der Waals surface area contributed by atoms with Gasteiger partial charge in [0.1, 0.15) is 0 Å². The van der Waals surface area contributed by atoms with Crippen LogP contribution in [0.4, 0.5) is 0 Å². The second-order valence-corrected chi connectivity index (χ2v) is 9.35. The summed E-state index contributed by atoms with van der Waals surface area (Å²) < 4.78 is 2.30. The van der Waals surface area contributed by atoms with Gasteiger partial charge < -0.3 is 0 Å². The predicted octanol–water partition coefficient (Wildman–Crippen LogP) is 6.60. The number of nitrogens with zero attached hydrogens (tertiary/aromatic N) is 2. The van der Waals surface area contributed by atoms with Crippen molar-refractivity contribution in [1.82, 2.24) is 0 Å². The first-order valence-electron chi connectivity index (χ1n) is 11.5. The minimum atomic E-state index is 0.734. The summed E-state index contributed by atoms with van der Waals surface area (Å²) in [5, 5.41) is 0. The topological polar surface area (TPSA) is 0 Å². The summed E-state index contributed by atoms with van der Waals surface area (Å²) in [4.78, 5) is 0. The lowest BCUT2D eigenvalue weighted by Crippen LogP contribution is -2.64. The molecule has 0 bridgehead atoms. The molecule has 0 aromatic rings. The monoisotopic (exact) mass is 356 g/mol. The van der Waals surface area contributed by atoms with Gasteiger partial charge in [-0.3, -0.25) is 8.97 Å². The maximum Gasteiger partial charge on any atom is 0.215 e. The normalized spacial score (nSPS) is 13.0. The summed E-state index contributed by atoms with van der Waals surface area (Å²) in [5.41, 5.74) is 0. The molecule has 0 atom stereocenters. The highest BCUT2D eigenvalue weighted by Gasteiger charge is 2.38. The smallest absolute Gasteiger partial charge is 0.215 e. The summed E-state index contributed by atoms with van der Waals surface area (Å²) >= 11 is 0. The average molecular weight is 357 g/mol. The quantitative estimate of drug-likeness (QED) is 0.156. The van der Waals surface area contributed by atoms with Crippen LogP contribution < -0.4 is 0 Å². The number of rotatable bonds is 17. The fourth-order valence-corrected chi connectivity index (χ4v) is 4.13. The van der Waals surface area contributed by atoms with Gasteiger partial charge in [0, 0.05) is 0 Å². The Hall–Kier alpha value is -0.0800. The number of hydrogen-bond donors (Lipinski definition) is 0. The molecule has 0 fully saturated rings. The van der Waals surface area contributed by atoms with E-state index in [9.17, 15) is 0 Å². The molecule has 0 aliphatic heterocycles. The van der Waals surface area contributed by atoms with Crippen molar-refractivity contribution in [3.63, 3.8) is 0 Å². The average Bonchev–Trinajstić information content (AvgIpc) is 2.58. The maximum absolute atomic E-state index is 2.42. The van der Waals surface area contributed by atoms with Crippen molar-refractivity contribution >= 4 is 0 Å². The van der Waals surface area contributed by atoms with Crippen LogP contribution in [0.1, 0.15) is 104 Å². The summed E-state index contributed by atoms with van der Waals surface area (Å²) in [6.07, 6.45) is 19.4. The molecule has 0 amide bonds. The Kier molecular flexibility index (Phi) is 14.0. The Morgan fingerprint density at radius 3 is 1.12 bits per heavy atom. The van der Waals surface area contributed by atoms with Crippen LogP contribution in [0.3, 0.4) is 0 Å². The molecule has 25 heavy (non-hydrogen) atoms. The summed E-state index contributed by atoms with van der Waals surface area (Å²) in [5.74, 6) is 0. The third-order valence-electron chi connectivity index (χ3n) is 6.56. The molecule has 0 N–H and O–H groups in total. The fourth-order valence-electron chi connectivity index (χ4n) is 4.13. The minimum Gasteiger partial charge on any atom is -0.280 e. The lowest BCUT2D eigenvalue weighted by molar-refractivity contribution is -1.10. The van der Waals surface area contributed by atoms with Crippen molar-refractivity contribution in [2.45, 2.75) is 110 Å². The van der Waals surface area contributed by atoms with Crippen molar-refractivity contribution < 1.29 is 8.97 Å². The van der Waals surface area contributed by atoms with Crippen LogP contribution in [-0.2, 0) is 0 Å². The van der Waals surface area contributed by atoms with Gasteiger partial charge in [-0.2, -0.15) is 0 Å². The molecule has 0 spiro atoms. The molecule has 0 saturated carbocycles.